The molecular weight excluding hydrogens is 307 g/mol. The van der Waals surface area contributed by atoms with Gasteiger partial charge in [-0.05, 0) is 18.2 Å². The average Bonchev–Trinajstić information content (AvgIpc) is 2.43. The van der Waals surface area contributed by atoms with Crippen LogP contribution in [0.3, 0.4) is 0 Å². The molecule has 0 aliphatic heterocycles. The second-order valence-corrected chi connectivity index (χ2v) is 9.74. The zero-order valence-electron chi connectivity index (χ0n) is 13.7. The van der Waals surface area contributed by atoms with Gasteiger partial charge in [-0.2, -0.15) is 9.97 Å². The highest BCUT2D eigenvalue weighted by molar-refractivity contribution is 8.10. The van der Waals surface area contributed by atoms with Crippen LogP contribution >= 0.6 is 6.49 Å². The van der Waals surface area contributed by atoms with Gasteiger partial charge in [-0.3, -0.25) is 0 Å². The molecule has 120 valence electrons. The van der Waals surface area contributed by atoms with Gasteiger partial charge in [0.15, 0.2) is 0 Å². The Labute approximate surface area is 132 Å². The van der Waals surface area contributed by atoms with Crippen LogP contribution in [0.1, 0.15) is 46.9 Å². The summed E-state index contributed by atoms with van der Waals surface area (Å²) >= 11 is 5.42. The maximum atomic E-state index is 5.83. The van der Waals surface area contributed by atoms with Crippen molar-refractivity contribution in [2.45, 2.75) is 46.5 Å². The van der Waals surface area contributed by atoms with Crippen molar-refractivity contribution < 1.29 is 13.8 Å². The molecule has 0 aliphatic carbocycles. The molecule has 1 unspecified atom stereocenters. The van der Waals surface area contributed by atoms with Crippen LogP contribution in [0.2, 0.25) is 0 Å². The van der Waals surface area contributed by atoms with E-state index in [1.807, 2.05) is 34.6 Å². The first-order valence-corrected chi connectivity index (χ1v) is 9.93. The molecule has 0 fully saturated rings. The molecule has 0 N–H and O–H groups in total. The minimum Gasteiger partial charge on any atom is -0.477 e. The molecule has 0 spiro atoms. The molecule has 0 amide bonds. The van der Waals surface area contributed by atoms with Gasteiger partial charge < -0.3 is 13.8 Å². The lowest BCUT2D eigenvalue weighted by Crippen LogP contribution is -2.17. The first-order chi connectivity index (χ1) is 9.74. The van der Waals surface area contributed by atoms with Gasteiger partial charge in [0.1, 0.15) is 5.82 Å². The Morgan fingerprint density at radius 1 is 1.19 bits per heavy atom. The van der Waals surface area contributed by atoms with Gasteiger partial charge in [-0.15, -0.1) is 0 Å². The van der Waals surface area contributed by atoms with Crippen LogP contribution in [0, 0.1) is 0 Å². The third-order valence-electron chi connectivity index (χ3n) is 2.70. The largest absolute Gasteiger partial charge is 0.477 e. The van der Waals surface area contributed by atoms with Crippen LogP contribution in [-0.2, 0) is 21.7 Å². The quantitative estimate of drug-likeness (QED) is 0.706. The standard InChI is InChI=1S/C14H25N2O3PS/c1-7-9-18-11-10-12(19-20(21,8-2)17-6)16-13(15-11)14(3,4)5/h10H,7-9H2,1-6H3. The van der Waals surface area contributed by atoms with Crippen molar-refractivity contribution in [2.75, 3.05) is 19.9 Å². The molecule has 0 aliphatic rings. The number of hydrogen-bond acceptors (Lipinski definition) is 6. The fourth-order valence-corrected chi connectivity index (χ4v) is 2.51. The van der Waals surface area contributed by atoms with E-state index in [0.29, 0.717) is 30.4 Å². The van der Waals surface area contributed by atoms with Crippen molar-refractivity contribution in [1.82, 2.24) is 9.97 Å². The van der Waals surface area contributed by atoms with Gasteiger partial charge >= 0.3 is 0 Å². The second kappa shape index (κ2) is 7.52. The summed E-state index contributed by atoms with van der Waals surface area (Å²) < 4.78 is 16.8. The third-order valence-corrected chi connectivity index (χ3v) is 5.94. The van der Waals surface area contributed by atoms with E-state index < -0.39 is 6.49 Å². The van der Waals surface area contributed by atoms with Gasteiger partial charge in [0.05, 0.1) is 12.7 Å². The summed E-state index contributed by atoms with van der Waals surface area (Å²) in [6.45, 7) is 8.40. The predicted molar refractivity (Wildman–Crippen MR) is 89.0 cm³/mol. The summed E-state index contributed by atoms with van der Waals surface area (Å²) in [5, 5.41) is 0. The molecule has 0 saturated carbocycles. The molecule has 7 heteroatoms. The van der Waals surface area contributed by atoms with E-state index in [-0.39, 0.29) is 5.41 Å². The average molecular weight is 332 g/mol. The molecule has 5 nitrogen and oxygen atoms in total. The van der Waals surface area contributed by atoms with Crippen molar-refractivity contribution in [3.8, 4) is 11.8 Å². The normalized spacial score (nSPS) is 14.6. The Bertz CT molecular complexity index is 509. The third kappa shape index (κ3) is 5.53. The van der Waals surface area contributed by atoms with E-state index in [9.17, 15) is 0 Å². The smallest absolute Gasteiger partial charge is 0.239 e. The summed E-state index contributed by atoms with van der Waals surface area (Å²) in [6, 6.07) is 1.68. The van der Waals surface area contributed by atoms with E-state index >= 15 is 0 Å². The minimum atomic E-state index is -2.33. The summed E-state index contributed by atoms with van der Waals surface area (Å²) in [5.74, 6) is 1.61. The van der Waals surface area contributed by atoms with Crippen molar-refractivity contribution >= 4 is 18.3 Å². The van der Waals surface area contributed by atoms with Gasteiger partial charge in [0.25, 0.3) is 0 Å². The van der Waals surface area contributed by atoms with E-state index in [1.54, 1.807) is 13.2 Å². The highest BCUT2D eigenvalue weighted by atomic mass is 32.5. The SMILES string of the molecule is CCCOc1cc(OP(=S)(CC)OC)nc(C(C)(C)C)n1. The number of hydrogen-bond donors (Lipinski definition) is 0. The predicted octanol–water partition coefficient (Wildman–Crippen LogP) is 3.92. The highest BCUT2D eigenvalue weighted by Crippen LogP contribution is 2.47. The van der Waals surface area contributed by atoms with Gasteiger partial charge in [-0.25, -0.2) is 0 Å². The van der Waals surface area contributed by atoms with Crippen LogP contribution in [0.25, 0.3) is 0 Å². The van der Waals surface area contributed by atoms with E-state index in [4.69, 9.17) is 25.6 Å². The Morgan fingerprint density at radius 3 is 2.29 bits per heavy atom. The van der Waals surface area contributed by atoms with Crippen LogP contribution < -0.4 is 9.26 Å². The van der Waals surface area contributed by atoms with E-state index in [0.717, 1.165) is 6.42 Å². The summed E-state index contributed by atoms with van der Waals surface area (Å²) in [5.41, 5.74) is -0.203. The summed E-state index contributed by atoms with van der Waals surface area (Å²) in [6.07, 6.45) is 1.55. The summed E-state index contributed by atoms with van der Waals surface area (Å²) in [4.78, 5) is 8.91. The molecule has 1 heterocycles. The Hall–Kier alpha value is -0.710. The molecule has 1 aromatic rings. The van der Waals surface area contributed by atoms with Crippen molar-refractivity contribution in [3.05, 3.63) is 11.9 Å². The fraction of sp³-hybridized carbons (Fsp3) is 0.714. The summed E-state index contributed by atoms with van der Waals surface area (Å²) in [7, 11) is 1.57. The lowest BCUT2D eigenvalue weighted by atomic mass is 9.96. The van der Waals surface area contributed by atoms with Crippen molar-refractivity contribution in [1.29, 1.82) is 0 Å². The van der Waals surface area contributed by atoms with Crippen LogP contribution in [0.15, 0.2) is 6.07 Å². The number of ether oxygens (including phenoxy) is 1. The zero-order valence-corrected chi connectivity index (χ0v) is 15.4. The second-order valence-electron chi connectivity index (χ2n) is 5.67. The molecule has 0 saturated heterocycles. The fourth-order valence-electron chi connectivity index (χ4n) is 1.44. The Kier molecular flexibility index (Phi) is 6.57. The monoisotopic (exact) mass is 332 g/mol. The lowest BCUT2D eigenvalue weighted by molar-refractivity contribution is 0.298. The molecule has 0 bridgehead atoms. The highest BCUT2D eigenvalue weighted by Gasteiger charge is 2.23. The number of nitrogens with zero attached hydrogens (tertiary/aromatic N) is 2. The van der Waals surface area contributed by atoms with Crippen molar-refractivity contribution in [3.63, 3.8) is 0 Å². The van der Waals surface area contributed by atoms with Crippen LogP contribution in [-0.4, -0.2) is 29.8 Å². The topological polar surface area (TPSA) is 53.5 Å². The van der Waals surface area contributed by atoms with Crippen LogP contribution in [0.4, 0.5) is 0 Å². The first-order valence-electron chi connectivity index (χ1n) is 7.11. The number of rotatable bonds is 7. The molecule has 21 heavy (non-hydrogen) atoms. The molecular formula is C14H25N2O3PS. The molecule has 1 aromatic heterocycles. The van der Waals surface area contributed by atoms with E-state index in [1.165, 1.54) is 0 Å². The molecule has 0 aromatic carbocycles. The first kappa shape index (κ1) is 18.3. The van der Waals surface area contributed by atoms with Crippen LogP contribution in [0.5, 0.6) is 11.8 Å². The number of aromatic nitrogens is 2. The zero-order chi connectivity index (χ0) is 16.1. The Balaban J connectivity index is 3.15. The van der Waals surface area contributed by atoms with E-state index in [2.05, 4.69) is 9.97 Å². The maximum Gasteiger partial charge on any atom is 0.239 e. The maximum absolute atomic E-state index is 5.83. The molecule has 1 rings (SSSR count). The van der Waals surface area contributed by atoms with Gasteiger partial charge in [-0.1, -0.05) is 34.6 Å². The van der Waals surface area contributed by atoms with Gasteiger partial charge in [0, 0.05) is 18.7 Å². The Morgan fingerprint density at radius 2 is 1.81 bits per heavy atom. The minimum absolute atomic E-state index is 0.203. The lowest BCUT2D eigenvalue weighted by Gasteiger charge is -2.22. The van der Waals surface area contributed by atoms with Crippen molar-refractivity contribution in [2.24, 2.45) is 0 Å². The molecule has 1 atom stereocenters. The molecule has 0 radical (unpaired) electrons. The van der Waals surface area contributed by atoms with Gasteiger partial charge in [0.2, 0.25) is 18.3 Å².